The van der Waals surface area contributed by atoms with Crippen LogP contribution in [0.1, 0.15) is 121 Å². The van der Waals surface area contributed by atoms with E-state index in [1.807, 2.05) is 0 Å². The summed E-state index contributed by atoms with van der Waals surface area (Å²) in [6, 6.07) is 0. The van der Waals surface area contributed by atoms with E-state index < -0.39 is 109 Å². The maximum absolute atomic E-state index is 11.8. The van der Waals surface area contributed by atoms with Crippen molar-refractivity contribution in [2.75, 3.05) is 26.4 Å². The van der Waals surface area contributed by atoms with Gasteiger partial charge in [-0.05, 0) is 12.8 Å². The summed E-state index contributed by atoms with van der Waals surface area (Å²) in [6.07, 6.45) is -4.64. The number of hydrogen-bond donors (Lipinski definition) is 0. The van der Waals surface area contributed by atoms with Gasteiger partial charge in [-0.2, -0.15) is 0 Å². The Labute approximate surface area is 422 Å². The van der Waals surface area contributed by atoms with E-state index in [0.717, 1.165) is 92.9 Å². The fourth-order valence-corrected chi connectivity index (χ4v) is 6.65. The van der Waals surface area contributed by atoms with Crippen LogP contribution in [0.5, 0.6) is 0 Å². The van der Waals surface area contributed by atoms with Crippen LogP contribution in [-0.4, -0.2) is 146 Å². The summed E-state index contributed by atoms with van der Waals surface area (Å²) in [5.41, 5.74) is 0. The van der Waals surface area contributed by atoms with Crippen molar-refractivity contribution < 1.29 is 123 Å². The number of nitrogens with zero attached hydrogens (tertiary/aromatic N) is 2. The minimum atomic E-state index is -1.30. The van der Waals surface area contributed by atoms with Crippen molar-refractivity contribution in [2.45, 2.75) is 182 Å². The molecule has 10 atom stereocenters. The van der Waals surface area contributed by atoms with Crippen LogP contribution >= 0.6 is 0 Å². The fraction of sp³-hybridized carbons (Fsp3) is 0.762. The molecule has 0 saturated carbocycles. The topological polar surface area (TPSA) is 272 Å². The van der Waals surface area contributed by atoms with Crippen molar-refractivity contribution in [3.63, 3.8) is 0 Å². The van der Waals surface area contributed by atoms with Crippen LogP contribution in [-0.2, 0) is 148 Å². The van der Waals surface area contributed by atoms with E-state index in [2.05, 4.69) is 23.8 Å². The number of carbonyl (C=O) groups excluding carboxylic acids is 8. The van der Waals surface area contributed by atoms with E-state index in [9.17, 15) is 38.4 Å². The minimum absolute atomic E-state index is 0. The van der Waals surface area contributed by atoms with Crippen LogP contribution in [0.3, 0.4) is 0 Å². The average molecular weight is 1180 g/mol. The molecule has 0 aliphatic carbocycles. The van der Waals surface area contributed by atoms with Crippen LogP contribution in [0, 0.1) is 0 Å². The standard InChI is InChI=1S/2C21H33NO10S.Hg/c2*1-6-7-8-9-10-27-21(33)22-20-19(31-15(5)26)18(30-14(4)25)17(29-13(3)24)16(32-20)11-28-12(2)23;/h2*16-20H,6-11H2,1-5H3,(H,22,33);/q;;+2/p-2/t2*16-,17-,18+,19-,20-;/m11./s1. The zero-order chi connectivity index (χ0) is 49.9. The predicted octanol–water partition coefficient (Wildman–Crippen LogP) is 3.14. The van der Waals surface area contributed by atoms with Gasteiger partial charge in [0.1, 0.15) is 25.4 Å². The molecule has 22 nitrogen and oxygen atoms in total. The van der Waals surface area contributed by atoms with Gasteiger partial charge in [-0.15, -0.1) is 0 Å². The molecule has 0 N–H and O–H groups in total. The second-order valence-electron chi connectivity index (χ2n) is 14.8. The third-order valence-electron chi connectivity index (χ3n) is 8.84. The number of carbonyl (C=O) groups is 8. The van der Waals surface area contributed by atoms with E-state index in [4.69, 9.17) is 82.1 Å². The van der Waals surface area contributed by atoms with Gasteiger partial charge in [0, 0.05) is 55.4 Å². The van der Waals surface area contributed by atoms with Crippen LogP contribution in [0.2, 0.25) is 0 Å². The van der Waals surface area contributed by atoms with Gasteiger partial charge in [0.25, 0.3) is 0 Å². The normalized spacial score (nSPS) is 24.6. The van der Waals surface area contributed by atoms with E-state index >= 15 is 0 Å². The Kier molecular flexibility index (Phi) is 32.3. The molecular weight excluding hydrogens is 1120 g/mol. The molecule has 2 aliphatic heterocycles. The van der Waals surface area contributed by atoms with Gasteiger partial charge in [0.15, 0.2) is 49.1 Å². The maximum Gasteiger partial charge on any atom is 2.00 e. The summed E-state index contributed by atoms with van der Waals surface area (Å²) in [5.74, 6) is -5.52. The van der Waals surface area contributed by atoms with E-state index in [-0.39, 0.29) is 51.3 Å². The van der Waals surface area contributed by atoms with E-state index in [1.54, 1.807) is 0 Å². The van der Waals surface area contributed by atoms with Gasteiger partial charge in [-0.1, -0.05) is 52.4 Å². The average Bonchev–Trinajstić information content (AvgIpc) is 3.20. The molecule has 0 aromatic heterocycles. The van der Waals surface area contributed by atoms with Gasteiger partial charge in [0.2, 0.25) is 0 Å². The van der Waals surface area contributed by atoms with E-state index in [0.29, 0.717) is 13.2 Å². The van der Waals surface area contributed by atoms with E-state index in [1.165, 1.54) is 13.8 Å². The molecule has 0 aromatic rings. The molecule has 0 amide bonds. The number of hydrogen-bond acceptors (Lipinski definition) is 24. The third kappa shape index (κ3) is 26.4. The number of esters is 8. The molecule has 0 aromatic carbocycles. The molecular formula is C42H64HgN2O20S2. The molecule has 2 saturated heterocycles. The molecule has 0 unspecified atom stereocenters. The first-order valence-electron chi connectivity index (χ1n) is 21.5. The number of rotatable bonds is 22. The van der Waals surface area contributed by atoms with Crippen molar-refractivity contribution in [1.29, 1.82) is 0 Å². The number of unbranched alkanes of at least 4 members (excludes halogenated alkanes) is 6. The molecule has 2 heterocycles. The molecule has 25 heteroatoms. The van der Waals surface area contributed by atoms with Crippen molar-refractivity contribution in [3.05, 3.63) is 0 Å². The maximum atomic E-state index is 11.8. The molecule has 0 spiro atoms. The second-order valence-corrected chi connectivity index (χ2v) is 15.5. The van der Waals surface area contributed by atoms with Gasteiger partial charge < -0.3 is 82.1 Å². The van der Waals surface area contributed by atoms with Crippen LogP contribution in [0.15, 0.2) is 9.98 Å². The molecule has 2 aliphatic rings. The number of ether oxygens (including phenoxy) is 12. The Hall–Kier alpha value is -4.00. The van der Waals surface area contributed by atoms with Crippen LogP contribution in [0.4, 0.5) is 0 Å². The Morgan fingerprint density at radius 2 is 0.687 bits per heavy atom. The van der Waals surface area contributed by atoms with Crippen molar-refractivity contribution in [2.24, 2.45) is 9.98 Å². The molecule has 67 heavy (non-hydrogen) atoms. The first-order valence-corrected chi connectivity index (χ1v) is 22.3. The number of aliphatic imine (C=N–C) groups is 2. The van der Waals surface area contributed by atoms with Crippen molar-refractivity contribution in [1.82, 2.24) is 0 Å². The first kappa shape index (κ1) is 63.0. The van der Waals surface area contributed by atoms with Crippen molar-refractivity contribution >= 4 is 83.5 Å². The van der Waals surface area contributed by atoms with Crippen LogP contribution in [0.25, 0.3) is 0 Å². The molecule has 2 rings (SSSR count). The largest absolute Gasteiger partial charge is 2.00 e. The molecule has 2 fully saturated rings. The molecule has 376 valence electrons. The predicted molar refractivity (Wildman–Crippen MR) is 234 cm³/mol. The summed E-state index contributed by atoms with van der Waals surface area (Å²) in [5, 5.41) is -0.292. The summed E-state index contributed by atoms with van der Waals surface area (Å²) < 4.78 is 64.5. The van der Waals surface area contributed by atoms with Crippen LogP contribution < -0.4 is 0 Å². The molecule has 0 radical (unpaired) electrons. The Balaban J connectivity index is 0.00000128. The Bertz CT molecular complexity index is 1550. The zero-order valence-electron chi connectivity index (χ0n) is 39.8. The second kappa shape index (κ2) is 34.3. The SMILES string of the molecule is CCCCCCOC([S-])=N[C@@H]1O[C@H](COC(C)=O)[C@@H](OC(C)=O)[C@H](OC(C)=O)[C@H]1OC(C)=O.CCCCCCOC([S-])=N[C@@H]1O[C@H](COC(C)=O)[C@@H](OC(C)=O)[C@H](OC(C)=O)[C@H]1OC(C)=O.[Hg+2]. The third-order valence-corrected chi connectivity index (χ3v) is 9.29. The zero-order valence-corrected chi connectivity index (χ0v) is 47.0. The summed E-state index contributed by atoms with van der Waals surface area (Å²) in [4.78, 5) is 102. The van der Waals surface area contributed by atoms with Gasteiger partial charge in [-0.3, -0.25) is 38.4 Å². The van der Waals surface area contributed by atoms with Crippen molar-refractivity contribution in [3.8, 4) is 0 Å². The first-order chi connectivity index (χ1) is 31.1. The van der Waals surface area contributed by atoms with Gasteiger partial charge >= 0.3 is 75.4 Å². The Morgan fingerprint density at radius 3 is 0.955 bits per heavy atom. The van der Waals surface area contributed by atoms with Gasteiger partial charge in [0.05, 0.1) is 23.7 Å². The monoisotopic (exact) mass is 1180 g/mol. The fourth-order valence-electron chi connectivity index (χ4n) is 6.28. The molecule has 0 bridgehead atoms. The smallest absolute Gasteiger partial charge is 0.722 e. The quantitative estimate of drug-likeness (QED) is 0.0286. The summed E-state index contributed by atoms with van der Waals surface area (Å²) in [6.45, 7) is 13.4. The summed E-state index contributed by atoms with van der Waals surface area (Å²) >= 11 is 10.3. The van der Waals surface area contributed by atoms with Gasteiger partial charge in [-0.25, -0.2) is 9.98 Å². The summed E-state index contributed by atoms with van der Waals surface area (Å²) in [7, 11) is 0. The Morgan fingerprint density at radius 1 is 0.403 bits per heavy atom. The minimum Gasteiger partial charge on any atom is -0.722 e.